The molecular weight excluding hydrogens is 805 g/mol. The average Bonchev–Trinajstić information content (AvgIpc) is 3.30. The molecule has 0 radical (unpaired) electrons. The first kappa shape index (κ1) is 59.4. The molecule has 0 aliphatic carbocycles. The van der Waals surface area contributed by atoms with Gasteiger partial charge in [0.1, 0.15) is 30.5 Å². The number of rotatable bonds is 43. The second kappa shape index (κ2) is 45.5. The second-order valence-electron chi connectivity index (χ2n) is 17.2. The Morgan fingerprint density at radius 3 is 1.45 bits per heavy atom. The lowest BCUT2D eigenvalue weighted by Crippen LogP contribution is -2.59. The van der Waals surface area contributed by atoms with Crippen LogP contribution < -0.4 is 0 Å². The third-order valence-electron chi connectivity index (χ3n) is 11.3. The third kappa shape index (κ3) is 35.6. The number of carbonyl (C=O) groups excluding carboxylic acids is 1. The molecular formula is C55H94O9. The average molecular weight is 899 g/mol. The van der Waals surface area contributed by atoms with Gasteiger partial charge in [-0.3, -0.25) is 4.79 Å². The lowest BCUT2D eigenvalue weighted by atomic mass is 9.99. The number of aliphatic hydroxyl groups is 4. The molecule has 0 aromatic heterocycles. The van der Waals surface area contributed by atoms with Crippen molar-refractivity contribution in [2.75, 3.05) is 26.4 Å². The number of hydrogen-bond acceptors (Lipinski definition) is 9. The molecule has 64 heavy (non-hydrogen) atoms. The van der Waals surface area contributed by atoms with E-state index in [9.17, 15) is 25.2 Å². The lowest BCUT2D eigenvalue weighted by Gasteiger charge is -2.39. The molecule has 6 atom stereocenters. The smallest absolute Gasteiger partial charge is 0.306 e. The Morgan fingerprint density at radius 2 is 0.953 bits per heavy atom. The van der Waals surface area contributed by atoms with Crippen molar-refractivity contribution in [1.29, 1.82) is 0 Å². The fraction of sp³-hybridized carbons (Fsp3) is 0.727. The third-order valence-corrected chi connectivity index (χ3v) is 11.3. The first-order valence-corrected chi connectivity index (χ1v) is 25.7. The molecule has 0 spiro atoms. The monoisotopic (exact) mass is 899 g/mol. The molecule has 0 saturated carbocycles. The molecule has 1 fully saturated rings. The second-order valence-corrected chi connectivity index (χ2v) is 17.2. The van der Waals surface area contributed by atoms with Gasteiger partial charge in [0.2, 0.25) is 0 Å². The van der Waals surface area contributed by atoms with Crippen molar-refractivity contribution in [3.8, 4) is 0 Å². The van der Waals surface area contributed by atoms with Gasteiger partial charge in [-0.25, -0.2) is 0 Å². The summed E-state index contributed by atoms with van der Waals surface area (Å²) in [5.41, 5.74) is 0. The van der Waals surface area contributed by atoms with Gasteiger partial charge < -0.3 is 39.4 Å². The predicted molar refractivity (Wildman–Crippen MR) is 265 cm³/mol. The quantitative estimate of drug-likeness (QED) is 0.0268. The van der Waals surface area contributed by atoms with Crippen molar-refractivity contribution in [1.82, 2.24) is 0 Å². The van der Waals surface area contributed by atoms with Gasteiger partial charge >= 0.3 is 5.97 Å². The maximum Gasteiger partial charge on any atom is 0.306 e. The fourth-order valence-corrected chi connectivity index (χ4v) is 7.33. The van der Waals surface area contributed by atoms with Gasteiger partial charge in [-0.2, -0.15) is 0 Å². The number of esters is 1. The molecule has 0 amide bonds. The molecule has 1 aliphatic rings. The summed E-state index contributed by atoms with van der Waals surface area (Å²) in [7, 11) is 0. The Labute approximate surface area is 390 Å². The van der Waals surface area contributed by atoms with Crippen LogP contribution in [0, 0.1) is 0 Å². The molecule has 1 rings (SSSR count). The van der Waals surface area contributed by atoms with Crippen molar-refractivity contribution in [3.05, 3.63) is 85.1 Å². The van der Waals surface area contributed by atoms with Gasteiger partial charge in [0.25, 0.3) is 0 Å². The van der Waals surface area contributed by atoms with E-state index >= 15 is 0 Å². The predicted octanol–water partition coefficient (Wildman–Crippen LogP) is 12.6. The van der Waals surface area contributed by atoms with E-state index in [0.717, 1.165) is 70.6 Å². The highest BCUT2D eigenvalue weighted by atomic mass is 16.7. The highest BCUT2D eigenvalue weighted by Crippen LogP contribution is 2.22. The van der Waals surface area contributed by atoms with Crippen LogP contribution in [0.4, 0.5) is 0 Å². The van der Waals surface area contributed by atoms with Crippen LogP contribution in [0.15, 0.2) is 85.1 Å². The molecule has 1 heterocycles. The van der Waals surface area contributed by atoms with Crippen LogP contribution in [0.25, 0.3) is 0 Å². The van der Waals surface area contributed by atoms with Crippen LogP contribution in [0.1, 0.15) is 194 Å². The van der Waals surface area contributed by atoms with Crippen LogP contribution in [-0.2, 0) is 23.7 Å². The van der Waals surface area contributed by atoms with Crippen LogP contribution in [0.3, 0.4) is 0 Å². The number of carbonyl (C=O) groups is 1. The Kier molecular flexibility index (Phi) is 42.2. The number of ether oxygens (including phenoxy) is 4. The Hall–Kier alpha value is -2.63. The number of hydrogen-bond donors (Lipinski definition) is 4. The maximum absolute atomic E-state index is 12.8. The summed E-state index contributed by atoms with van der Waals surface area (Å²) in [6.45, 7) is 4.29. The lowest BCUT2D eigenvalue weighted by molar-refractivity contribution is -0.305. The van der Waals surface area contributed by atoms with Crippen molar-refractivity contribution in [3.63, 3.8) is 0 Å². The zero-order valence-corrected chi connectivity index (χ0v) is 40.5. The molecule has 9 heteroatoms. The minimum atomic E-state index is -1.55. The summed E-state index contributed by atoms with van der Waals surface area (Å²) in [4.78, 5) is 12.8. The van der Waals surface area contributed by atoms with Crippen LogP contribution in [0.2, 0.25) is 0 Å². The molecule has 0 aromatic rings. The maximum atomic E-state index is 12.8. The summed E-state index contributed by atoms with van der Waals surface area (Å²) >= 11 is 0. The van der Waals surface area contributed by atoms with Crippen LogP contribution in [-0.4, -0.2) is 89.6 Å². The number of aliphatic hydroxyl groups excluding tert-OH is 4. The van der Waals surface area contributed by atoms with Crippen molar-refractivity contribution < 1.29 is 44.2 Å². The van der Waals surface area contributed by atoms with E-state index in [1.54, 1.807) is 0 Å². The van der Waals surface area contributed by atoms with E-state index in [1.165, 1.54) is 103 Å². The topological polar surface area (TPSA) is 135 Å². The molecule has 1 aliphatic heterocycles. The largest absolute Gasteiger partial charge is 0.457 e. The molecule has 4 N–H and O–H groups in total. The molecule has 6 unspecified atom stereocenters. The fourth-order valence-electron chi connectivity index (χ4n) is 7.33. The standard InChI is InChI=1S/C55H94O9/c1-3-5-7-9-11-13-15-17-19-21-23-25-26-28-30-32-34-36-38-40-42-44-51(57)63-49(48-62-55-54(60)53(59)52(58)50(46-56)64-55)47-61-45-43-41-39-37-35-33-31-29-27-24-22-20-18-16-14-12-10-8-6-4-2/h6,8,12,14,18,20-21,23-24,27,31,33,37,39,49-50,52-56,58-60H,3-5,7,9-11,13,15-17,19,22,25-26,28-30,32,34-36,38,40-48H2,1-2H3/b8-6-,14-12-,20-18-,23-21-,27-24-,33-31-,39-37-. The minimum Gasteiger partial charge on any atom is -0.457 e. The summed E-state index contributed by atoms with van der Waals surface area (Å²) in [6.07, 6.45) is 54.8. The van der Waals surface area contributed by atoms with Crippen molar-refractivity contribution in [2.24, 2.45) is 0 Å². The zero-order chi connectivity index (χ0) is 46.4. The van der Waals surface area contributed by atoms with Gasteiger partial charge in [0.15, 0.2) is 6.29 Å². The van der Waals surface area contributed by atoms with Gasteiger partial charge in [0.05, 0.1) is 19.8 Å². The summed E-state index contributed by atoms with van der Waals surface area (Å²) in [6, 6.07) is 0. The minimum absolute atomic E-state index is 0.0997. The summed E-state index contributed by atoms with van der Waals surface area (Å²) < 4.78 is 22.8. The van der Waals surface area contributed by atoms with E-state index in [2.05, 4.69) is 98.9 Å². The summed E-state index contributed by atoms with van der Waals surface area (Å²) in [5.74, 6) is -0.337. The molecule has 9 nitrogen and oxygen atoms in total. The normalized spacial score (nSPS) is 20.2. The van der Waals surface area contributed by atoms with Crippen LogP contribution >= 0.6 is 0 Å². The highest BCUT2D eigenvalue weighted by Gasteiger charge is 2.44. The molecule has 368 valence electrons. The SMILES string of the molecule is CC/C=C\C/C=C\C/C=C\C/C=C\C/C=C\C/C=C\CCCOCC(COC1OC(CO)C(O)C(O)C1O)OC(=O)CCCCCCCCCCC/C=C\CCCCCCCCCC. The number of allylic oxidation sites excluding steroid dienone is 14. The highest BCUT2D eigenvalue weighted by molar-refractivity contribution is 5.69. The molecule has 0 aromatic carbocycles. The summed E-state index contributed by atoms with van der Waals surface area (Å²) in [5, 5.41) is 40.2. The van der Waals surface area contributed by atoms with Crippen molar-refractivity contribution in [2.45, 2.75) is 230 Å². The van der Waals surface area contributed by atoms with Crippen LogP contribution in [0.5, 0.6) is 0 Å². The molecule has 1 saturated heterocycles. The number of unbranched alkanes of at least 4 members (excludes halogenated alkanes) is 18. The Morgan fingerprint density at radius 1 is 0.516 bits per heavy atom. The van der Waals surface area contributed by atoms with E-state index in [0.29, 0.717) is 13.0 Å². The Balaban J connectivity index is 2.26. The first-order valence-electron chi connectivity index (χ1n) is 25.7. The van der Waals surface area contributed by atoms with E-state index in [4.69, 9.17) is 18.9 Å². The van der Waals surface area contributed by atoms with E-state index in [-0.39, 0.29) is 19.2 Å². The van der Waals surface area contributed by atoms with E-state index in [1.807, 2.05) is 0 Å². The van der Waals surface area contributed by atoms with Gasteiger partial charge in [0, 0.05) is 13.0 Å². The van der Waals surface area contributed by atoms with Gasteiger partial charge in [-0.15, -0.1) is 0 Å². The van der Waals surface area contributed by atoms with E-state index < -0.39 is 43.4 Å². The zero-order valence-electron chi connectivity index (χ0n) is 40.5. The Bertz CT molecular complexity index is 1250. The first-order chi connectivity index (χ1) is 31.4. The van der Waals surface area contributed by atoms with Crippen molar-refractivity contribution >= 4 is 5.97 Å². The van der Waals surface area contributed by atoms with Gasteiger partial charge in [-0.05, 0) is 83.5 Å². The molecule has 0 bridgehead atoms. The van der Waals surface area contributed by atoms with Gasteiger partial charge in [-0.1, -0.05) is 189 Å².